The Kier molecular flexibility index (Phi) is 6.22. The lowest BCUT2D eigenvalue weighted by molar-refractivity contribution is -0.132. The van der Waals surface area contributed by atoms with Crippen LogP contribution in [0.2, 0.25) is 0 Å². The van der Waals surface area contributed by atoms with E-state index < -0.39 is 11.7 Å². The summed E-state index contributed by atoms with van der Waals surface area (Å²) in [6, 6.07) is 10.9. The van der Waals surface area contributed by atoms with E-state index in [0.717, 1.165) is 44.5 Å². The van der Waals surface area contributed by atoms with Crippen molar-refractivity contribution in [1.29, 1.82) is 0 Å². The number of halogens is 1. The summed E-state index contributed by atoms with van der Waals surface area (Å²) in [5.74, 6) is -0.500. The van der Waals surface area contributed by atoms with E-state index in [4.69, 9.17) is 0 Å². The molecule has 34 heavy (non-hydrogen) atoms. The number of rotatable bonds is 5. The maximum absolute atomic E-state index is 13.5. The summed E-state index contributed by atoms with van der Waals surface area (Å²) in [5, 5.41) is 2.80. The molecule has 1 aliphatic carbocycles. The van der Waals surface area contributed by atoms with Crippen LogP contribution in [-0.2, 0) is 4.79 Å². The summed E-state index contributed by atoms with van der Waals surface area (Å²) in [4.78, 5) is 44.4. The molecule has 0 atom stereocenters. The Morgan fingerprint density at radius 2 is 1.59 bits per heavy atom. The summed E-state index contributed by atoms with van der Waals surface area (Å²) in [7, 11) is 0. The van der Waals surface area contributed by atoms with E-state index in [1.54, 1.807) is 18.2 Å². The van der Waals surface area contributed by atoms with Crippen molar-refractivity contribution in [3.05, 3.63) is 59.4 Å². The number of amides is 3. The first-order valence-corrected chi connectivity index (χ1v) is 12.0. The van der Waals surface area contributed by atoms with Gasteiger partial charge in [0, 0.05) is 62.1 Å². The van der Waals surface area contributed by atoms with Crippen LogP contribution >= 0.6 is 0 Å². The topological polar surface area (TPSA) is 73.0 Å². The second-order valence-corrected chi connectivity index (χ2v) is 9.28. The van der Waals surface area contributed by atoms with Crippen molar-refractivity contribution in [3.63, 3.8) is 0 Å². The molecule has 0 bridgehead atoms. The average molecular weight is 465 g/mol. The number of piperazine rings is 1. The molecule has 2 heterocycles. The molecule has 0 unspecified atom stereocenters. The highest BCUT2D eigenvalue weighted by molar-refractivity contribution is 6.06. The molecule has 178 valence electrons. The second-order valence-electron chi connectivity index (χ2n) is 9.28. The summed E-state index contributed by atoms with van der Waals surface area (Å²) in [5.41, 5.74) is 2.07. The van der Waals surface area contributed by atoms with Crippen molar-refractivity contribution in [2.24, 2.45) is 5.92 Å². The lowest BCUT2D eigenvalue weighted by Crippen LogP contribution is -2.49. The van der Waals surface area contributed by atoms with E-state index in [1.165, 1.54) is 18.2 Å². The maximum atomic E-state index is 13.5. The number of carbonyl (C=O) groups is 3. The van der Waals surface area contributed by atoms with E-state index in [9.17, 15) is 18.8 Å². The molecule has 0 radical (unpaired) electrons. The first-order chi connectivity index (χ1) is 16.5. The van der Waals surface area contributed by atoms with Gasteiger partial charge in [0.15, 0.2) is 0 Å². The molecule has 2 aliphatic heterocycles. The van der Waals surface area contributed by atoms with E-state index in [0.29, 0.717) is 37.4 Å². The number of nitrogens with zero attached hydrogens (tertiary/aromatic N) is 3. The Balaban J connectivity index is 1.37. The smallest absolute Gasteiger partial charge is 0.256 e. The number of nitrogens with one attached hydrogen (secondary N) is 1. The Hall–Kier alpha value is -3.42. The van der Waals surface area contributed by atoms with Crippen LogP contribution in [0.3, 0.4) is 0 Å². The zero-order valence-corrected chi connectivity index (χ0v) is 19.1. The van der Waals surface area contributed by atoms with Gasteiger partial charge >= 0.3 is 0 Å². The van der Waals surface area contributed by atoms with Crippen LogP contribution in [0.1, 0.15) is 46.4 Å². The van der Waals surface area contributed by atoms with E-state index in [-0.39, 0.29) is 23.3 Å². The Labute approximate surface area is 198 Å². The summed E-state index contributed by atoms with van der Waals surface area (Å²) in [6.45, 7) is 4.06. The molecule has 3 fully saturated rings. The van der Waals surface area contributed by atoms with Gasteiger partial charge in [-0.2, -0.15) is 0 Å². The molecule has 2 saturated heterocycles. The molecule has 2 aromatic carbocycles. The van der Waals surface area contributed by atoms with Crippen molar-refractivity contribution < 1.29 is 18.8 Å². The zero-order chi connectivity index (χ0) is 23.7. The predicted molar refractivity (Wildman–Crippen MR) is 127 cm³/mol. The van der Waals surface area contributed by atoms with Gasteiger partial charge in [-0.1, -0.05) is 6.07 Å². The Morgan fingerprint density at radius 1 is 0.853 bits per heavy atom. The third-order valence-electron chi connectivity index (χ3n) is 6.82. The molecule has 2 aromatic rings. The maximum Gasteiger partial charge on any atom is 0.256 e. The minimum absolute atomic E-state index is 0.0501. The number of hydrogen-bond acceptors (Lipinski definition) is 4. The minimum Gasteiger partial charge on any atom is -0.367 e. The number of benzene rings is 2. The van der Waals surface area contributed by atoms with Crippen molar-refractivity contribution in [3.8, 4) is 0 Å². The summed E-state index contributed by atoms with van der Waals surface area (Å²) >= 11 is 0. The number of hydrogen-bond donors (Lipinski definition) is 1. The molecule has 1 N–H and O–H groups in total. The first-order valence-electron chi connectivity index (χ1n) is 12.0. The molecule has 0 aromatic heterocycles. The largest absolute Gasteiger partial charge is 0.367 e. The molecule has 1 saturated carbocycles. The fraction of sp³-hybridized carbons (Fsp3) is 0.423. The van der Waals surface area contributed by atoms with Crippen LogP contribution in [-0.4, -0.2) is 66.8 Å². The van der Waals surface area contributed by atoms with Gasteiger partial charge in [-0.15, -0.1) is 0 Å². The van der Waals surface area contributed by atoms with Gasteiger partial charge in [-0.3, -0.25) is 14.4 Å². The van der Waals surface area contributed by atoms with Crippen molar-refractivity contribution >= 4 is 29.1 Å². The van der Waals surface area contributed by atoms with E-state index >= 15 is 0 Å². The lowest BCUT2D eigenvalue weighted by atomic mass is 10.1. The lowest BCUT2D eigenvalue weighted by Gasteiger charge is -2.37. The van der Waals surface area contributed by atoms with Crippen molar-refractivity contribution in [1.82, 2.24) is 9.80 Å². The fourth-order valence-electron chi connectivity index (χ4n) is 4.74. The minimum atomic E-state index is -0.479. The average Bonchev–Trinajstić information content (AvgIpc) is 3.56. The van der Waals surface area contributed by atoms with Crippen LogP contribution < -0.4 is 10.2 Å². The monoisotopic (exact) mass is 464 g/mol. The van der Waals surface area contributed by atoms with Crippen LogP contribution in [0.25, 0.3) is 0 Å². The number of likely N-dealkylation sites (tertiary alicyclic amines) is 1. The van der Waals surface area contributed by atoms with Gasteiger partial charge in [0.05, 0.1) is 5.56 Å². The Morgan fingerprint density at radius 3 is 2.26 bits per heavy atom. The van der Waals surface area contributed by atoms with Gasteiger partial charge in [-0.25, -0.2) is 4.39 Å². The summed E-state index contributed by atoms with van der Waals surface area (Å²) < 4.78 is 13.5. The van der Waals surface area contributed by atoms with Crippen LogP contribution in [0.5, 0.6) is 0 Å². The highest BCUT2D eigenvalue weighted by Crippen LogP contribution is 2.32. The van der Waals surface area contributed by atoms with Gasteiger partial charge in [-0.05, 0) is 62.1 Å². The molecule has 7 nitrogen and oxygen atoms in total. The molecule has 8 heteroatoms. The molecular weight excluding hydrogens is 435 g/mol. The summed E-state index contributed by atoms with van der Waals surface area (Å²) in [6.07, 6.45) is 3.96. The van der Waals surface area contributed by atoms with Crippen LogP contribution in [0.4, 0.5) is 15.8 Å². The SMILES string of the molecule is O=C(Nc1ccc(N2CCN(C(=O)C3CC3)CC2)c(C(=O)N2CCCC2)c1)c1cccc(F)c1. The Bertz CT molecular complexity index is 1100. The van der Waals surface area contributed by atoms with Crippen LogP contribution in [0.15, 0.2) is 42.5 Å². The number of carbonyl (C=O) groups excluding carboxylic acids is 3. The molecule has 0 spiro atoms. The fourth-order valence-corrected chi connectivity index (χ4v) is 4.74. The van der Waals surface area contributed by atoms with Gasteiger partial charge in [0.2, 0.25) is 5.91 Å². The molecule has 5 rings (SSSR count). The number of anilines is 2. The zero-order valence-electron chi connectivity index (χ0n) is 19.1. The third kappa shape index (κ3) is 4.76. The van der Waals surface area contributed by atoms with E-state index in [1.807, 2.05) is 15.9 Å². The first kappa shape index (κ1) is 22.4. The van der Waals surface area contributed by atoms with E-state index in [2.05, 4.69) is 10.2 Å². The van der Waals surface area contributed by atoms with Crippen molar-refractivity contribution in [2.75, 3.05) is 49.5 Å². The van der Waals surface area contributed by atoms with Gasteiger partial charge in [0.25, 0.3) is 11.8 Å². The van der Waals surface area contributed by atoms with Gasteiger partial charge < -0.3 is 20.0 Å². The highest BCUT2D eigenvalue weighted by atomic mass is 19.1. The molecular formula is C26H29FN4O3. The standard InChI is InChI=1S/C26H29FN4O3/c27-20-5-3-4-19(16-20)24(32)28-21-8-9-23(22(17-21)26(34)30-10-1-2-11-30)29-12-14-31(15-13-29)25(33)18-6-7-18/h3-5,8-9,16-18H,1-2,6-7,10-15H2,(H,28,32). The predicted octanol–water partition coefficient (Wildman–Crippen LogP) is 3.37. The third-order valence-corrected chi connectivity index (χ3v) is 6.82. The highest BCUT2D eigenvalue weighted by Gasteiger charge is 2.35. The quantitative estimate of drug-likeness (QED) is 0.737. The van der Waals surface area contributed by atoms with Crippen molar-refractivity contribution in [2.45, 2.75) is 25.7 Å². The van der Waals surface area contributed by atoms with Crippen LogP contribution in [0, 0.1) is 11.7 Å². The molecule has 3 aliphatic rings. The second kappa shape index (κ2) is 9.44. The normalized spacial score (nSPS) is 18.2. The molecule has 3 amide bonds. The van der Waals surface area contributed by atoms with Gasteiger partial charge in [0.1, 0.15) is 5.82 Å².